The minimum absolute atomic E-state index is 0.754. The van der Waals surface area contributed by atoms with E-state index in [0.29, 0.717) is 0 Å². The van der Waals surface area contributed by atoms with E-state index in [0.717, 1.165) is 17.4 Å². The highest BCUT2D eigenvalue weighted by Gasteiger charge is 2.45. The van der Waals surface area contributed by atoms with Gasteiger partial charge in [0.2, 0.25) is 0 Å². The highest BCUT2D eigenvalue weighted by atomic mass is 15.1. The molecule has 0 bridgehead atoms. The van der Waals surface area contributed by atoms with E-state index in [1.807, 2.05) is 0 Å². The van der Waals surface area contributed by atoms with E-state index in [9.17, 15) is 0 Å². The molecule has 0 atom stereocenters. The Morgan fingerprint density at radius 3 is 1.93 bits per heavy atom. The van der Waals surface area contributed by atoms with Gasteiger partial charge in [0.25, 0.3) is 0 Å². The Balaban J connectivity index is 1.44. The number of nitrogens with zero attached hydrogens (tertiary/aromatic N) is 1. The van der Waals surface area contributed by atoms with E-state index in [2.05, 4.69) is 31.1 Å². The van der Waals surface area contributed by atoms with Gasteiger partial charge in [-0.25, -0.2) is 0 Å². The molecule has 0 aliphatic heterocycles. The fourth-order valence-corrected chi connectivity index (χ4v) is 6.03. The Bertz CT molecular complexity index is 378. The van der Waals surface area contributed by atoms with Crippen LogP contribution in [-0.2, 0) is 0 Å². The van der Waals surface area contributed by atoms with Gasteiger partial charge in [-0.2, -0.15) is 0 Å². The molecule has 2 heteroatoms. The maximum absolute atomic E-state index is 3.76. The van der Waals surface area contributed by atoms with Crippen LogP contribution in [-0.4, -0.2) is 37.6 Å². The number of unbranched alkanes of at least 4 members (excludes halogenated alkanes) is 10. The molecule has 0 radical (unpaired) electrons. The predicted molar refractivity (Wildman–Crippen MR) is 130 cm³/mol. The van der Waals surface area contributed by atoms with Crippen molar-refractivity contribution in [3.8, 4) is 0 Å². The number of hydrogen-bond acceptors (Lipinski definition) is 2. The van der Waals surface area contributed by atoms with Gasteiger partial charge in [0.05, 0.1) is 0 Å². The standard InChI is InChI=1S/C27H54N2/c1-4-6-8-10-12-14-20-28-24-25-22-27(23-25)18-16-26(17-19-27)29(3)21-15-13-11-9-7-5-2/h25-26,28H,4-24H2,1-3H3. The highest BCUT2D eigenvalue weighted by molar-refractivity contribution is 4.98. The van der Waals surface area contributed by atoms with Gasteiger partial charge in [-0.05, 0) is 89.4 Å². The third-order valence-corrected chi connectivity index (χ3v) is 8.09. The van der Waals surface area contributed by atoms with Crippen LogP contribution in [0.5, 0.6) is 0 Å². The van der Waals surface area contributed by atoms with Crippen LogP contribution in [0.4, 0.5) is 0 Å². The first-order valence-corrected chi connectivity index (χ1v) is 13.6. The first kappa shape index (κ1) is 25.2. The van der Waals surface area contributed by atoms with Gasteiger partial charge in [-0.3, -0.25) is 0 Å². The fourth-order valence-electron chi connectivity index (χ4n) is 6.03. The van der Waals surface area contributed by atoms with E-state index >= 15 is 0 Å². The van der Waals surface area contributed by atoms with Gasteiger partial charge in [0.1, 0.15) is 0 Å². The molecule has 2 aliphatic rings. The molecule has 2 fully saturated rings. The molecule has 172 valence electrons. The summed E-state index contributed by atoms with van der Waals surface area (Å²) in [4.78, 5) is 2.70. The molecule has 0 amide bonds. The van der Waals surface area contributed by atoms with Crippen LogP contribution in [0.15, 0.2) is 0 Å². The molecule has 1 N–H and O–H groups in total. The zero-order valence-corrected chi connectivity index (χ0v) is 20.5. The molecule has 1 spiro atoms. The Hall–Kier alpha value is -0.0800. The second kappa shape index (κ2) is 14.8. The van der Waals surface area contributed by atoms with Crippen molar-refractivity contribution in [2.75, 3.05) is 26.7 Å². The van der Waals surface area contributed by atoms with Crippen molar-refractivity contribution in [2.24, 2.45) is 11.3 Å². The van der Waals surface area contributed by atoms with Crippen LogP contribution in [0.2, 0.25) is 0 Å². The first-order valence-electron chi connectivity index (χ1n) is 13.6. The van der Waals surface area contributed by atoms with E-state index < -0.39 is 0 Å². The van der Waals surface area contributed by atoms with Gasteiger partial charge < -0.3 is 10.2 Å². The molecule has 29 heavy (non-hydrogen) atoms. The molecule has 2 saturated carbocycles. The third kappa shape index (κ3) is 9.72. The van der Waals surface area contributed by atoms with Gasteiger partial charge in [0, 0.05) is 6.04 Å². The minimum atomic E-state index is 0.754. The molecule has 0 saturated heterocycles. The lowest BCUT2D eigenvalue weighted by Gasteiger charge is -2.53. The molecule has 2 nitrogen and oxygen atoms in total. The summed E-state index contributed by atoms with van der Waals surface area (Å²) in [7, 11) is 2.39. The van der Waals surface area contributed by atoms with E-state index in [-0.39, 0.29) is 0 Å². The maximum Gasteiger partial charge on any atom is 0.00926 e. The van der Waals surface area contributed by atoms with Crippen LogP contribution in [0, 0.1) is 11.3 Å². The van der Waals surface area contributed by atoms with Crippen LogP contribution in [0.1, 0.15) is 129 Å². The summed E-state index contributed by atoms with van der Waals surface area (Å²) >= 11 is 0. The van der Waals surface area contributed by atoms with Crippen molar-refractivity contribution in [3.63, 3.8) is 0 Å². The Morgan fingerprint density at radius 1 is 0.759 bits per heavy atom. The maximum atomic E-state index is 3.76. The Labute approximate surface area is 184 Å². The van der Waals surface area contributed by atoms with Crippen molar-refractivity contribution in [1.82, 2.24) is 10.2 Å². The molecular weight excluding hydrogens is 352 g/mol. The van der Waals surface area contributed by atoms with Gasteiger partial charge >= 0.3 is 0 Å². The average Bonchev–Trinajstić information content (AvgIpc) is 2.71. The van der Waals surface area contributed by atoms with Crippen molar-refractivity contribution in [2.45, 2.75) is 135 Å². The molecular formula is C27H54N2. The quantitative estimate of drug-likeness (QED) is 0.251. The monoisotopic (exact) mass is 406 g/mol. The highest BCUT2D eigenvalue weighted by Crippen LogP contribution is 2.54. The first-order chi connectivity index (χ1) is 14.2. The zero-order valence-electron chi connectivity index (χ0n) is 20.5. The lowest BCUT2D eigenvalue weighted by molar-refractivity contribution is -0.00828. The summed E-state index contributed by atoms with van der Waals surface area (Å²) in [6.45, 7) is 8.48. The number of rotatable bonds is 17. The van der Waals surface area contributed by atoms with Crippen molar-refractivity contribution >= 4 is 0 Å². The molecule has 2 aliphatic carbocycles. The summed E-state index contributed by atoms with van der Waals surface area (Å²) in [6.07, 6.45) is 26.0. The summed E-state index contributed by atoms with van der Waals surface area (Å²) < 4.78 is 0. The van der Waals surface area contributed by atoms with Gasteiger partial charge in [-0.1, -0.05) is 78.1 Å². The normalized spacial score (nSPS) is 26.9. The Morgan fingerprint density at radius 2 is 1.31 bits per heavy atom. The summed E-state index contributed by atoms with van der Waals surface area (Å²) in [5, 5.41) is 3.76. The van der Waals surface area contributed by atoms with Crippen LogP contribution in [0.3, 0.4) is 0 Å². The molecule has 2 rings (SSSR count). The van der Waals surface area contributed by atoms with Crippen molar-refractivity contribution < 1.29 is 0 Å². The minimum Gasteiger partial charge on any atom is -0.316 e. The molecule has 0 heterocycles. The van der Waals surface area contributed by atoms with Crippen LogP contribution >= 0.6 is 0 Å². The molecule has 0 aromatic rings. The Kier molecular flexibility index (Phi) is 12.9. The second-order valence-electron chi connectivity index (χ2n) is 10.7. The zero-order chi connectivity index (χ0) is 20.8. The topological polar surface area (TPSA) is 15.3 Å². The van der Waals surface area contributed by atoms with E-state index in [1.54, 1.807) is 0 Å². The molecule has 0 aromatic heterocycles. The predicted octanol–water partition coefficient (Wildman–Crippen LogP) is 7.57. The summed E-state index contributed by atoms with van der Waals surface area (Å²) in [5.74, 6) is 0.979. The largest absolute Gasteiger partial charge is 0.316 e. The van der Waals surface area contributed by atoms with Crippen molar-refractivity contribution in [1.29, 1.82) is 0 Å². The van der Waals surface area contributed by atoms with E-state index in [1.165, 1.54) is 135 Å². The number of hydrogen-bond donors (Lipinski definition) is 1. The summed E-state index contributed by atoms with van der Waals surface area (Å²) in [5.41, 5.74) is 0.754. The number of nitrogens with one attached hydrogen (secondary N) is 1. The SMILES string of the molecule is CCCCCCCCNCC1CC2(CCC(N(C)CCCCCCCC)CC2)C1. The van der Waals surface area contributed by atoms with E-state index in [4.69, 9.17) is 0 Å². The second-order valence-corrected chi connectivity index (χ2v) is 10.7. The third-order valence-electron chi connectivity index (χ3n) is 8.09. The molecule has 0 aromatic carbocycles. The van der Waals surface area contributed by atoms with Gasteiger partial charge in [0.15, 0.2) is 0 Å². The lowest BCUT2D eigenvalue weighted by Crippen LogP contribution is -2.47. The van der Waals surface area contributed by atoms with Crippen molar-refractivity contribution in [3.05, 3.63) is 0 Å². The van der Waals surface area contributed by atoms with Crippen LogP contribution in [0.25, 0.3) is 0 Å². The average molecular weight is 407 g/mol. The summed E-state index contributed by atoms with van der Waals surface area (Å²) in [6, 6.07) is 0.876. The van der Waals surface area contributed by atoms with Gasteiger partial charge in [-0.15, -0.1) is 0 Å². The fraction of sp³-hybridized carbons (Fsp3) is 1.00. The van der Waals surface area contributed by atoms with Crippen LogP contribution < -0.4 is 5.32 Å². The smallest absolute Gasteiger partial charge is 0.00926 e. The molecule has 0 unspecified atom stereocenters. The lowest BCUT2D eigenvalue weighted by atomic mass is 9.55.